The van der Waals surface area contributed by atoms with Gasteiger partial charge in [-0.25, -0.2) is 9.78 Å². The number of aromatic nitrogens is 1. The zero-order valence-electron chi connectivity index (χ0n) is 6.81. The second kappa shape index (κ2) is 3.88. The van der Waals surface area contributed by atoms with Crippen molar-refractivity contribution in [1.29, 1.82) is 0 Å². The molecule has 4 nitrogen and oxygen atoms in total. The van der Waals surface area contributed by atoms with E-state index in [0.29, 0.717) is 10.2 Å². The third kappa shape index (κ3) is 1.92. The van der Waals surface area contributed by atoms with Crippen LogP contribution in [-0.4, -0.2) is 32.9 Å². The van der Waals surface area contributed by atoms with Crippen molar-refractivity contribution in [2.24, 2.45) is 4.99 Å². The molecule has 1 atom stereocenters. The quantitative estimate of drug-likeness (QED) is 0.866. The summed E-state index contributed by atoms with van der Waals surface area (Å²) in [5.74, 6) is -0.400. The average Bonchev–Trinajstić information content (AvgIpc) is 2.70. The number of hydrogen-bond donors (Lipinski definition) is 1. The second-order valence-corrected chi connectivity index (χ2v) is 5.20. The summed E-state index contributed by atoms with van der Waals surface area (Å²) < 4.78 is 0.446. The van der Waals surface area contributed by atoms with Gasteiger partial charge in [0.2, 0.25) is 0 Å². The summed E-state index contributed by atoms with van der Waals surface area (Å²) in [5.41, 5.74) is 0. The highest BCUT2D eigenvalue weighted by atomic mass is 35.5. The van der Waals surface area contributed by atoms with E-state index in [1.165, 1.54) is 23.1 Å². The van der Waals surface area contributed by atoms with E-state index in [4.69, 9.17) is 16.7 Å². The number of thiazole rings is 1. The normalized spacial score (nSPS) is 20.9. The number of nitrogens with zero attached hydrogens (tertiary/aromatic N) is 2. The fraction of sp³-hybridized carbons (Fsp3) is 0.286. The predicted octanol–water partition coefficient (Wildman–Crippen LogP) is 1.74. The lowest BCUT2D eigenvalue weighted by Crippen LogP contribution is -2.17. The Balaban J connectivity index is 2.21. The van der Waals surface area contributed by atoms with Crippen LogP contribution in [0.25, 0.3) is 0 Å². The Labute approximate surface area is 93.0 Å². The maximum Gasteiger partial charge on any atom is 0.329 e. The summed E-state index contributed by atoms with van der Waals surface area (Å²) in [6.45, 7) is 0. The van der Waals surface area contributed by atoms with Crippen LogP contribution >= 0.6 is 34.7 Å². The number of hydrogen-bond acceptors (Lipinski definition) is 5. The Kier molecular flexibility index (Phi) is 2.76. The van der Waals surface area contributed by atoms with Gasteiger partial charge in [-0.3, -0.25) is 4.99 Å². The molecular weight excluding hydrogens is 244 g/mol. The zero-order valence-corrected chi connectivity index (χ0v) is 9.20. The third-order valence-corrected chi connectivity index (χ3v) is 3.96. The highest BCUT2D eigenvalue weighted by Crippen LogP contribution is 2.28. The molecule has 0 aliphatic carbocycles. The van der Waals surface area contributed by atoms with Crippen LogP contribution in [-0.2, 0) is 4.79 Å². The van der Waals surface area contributed by atoms with Crippen LogP contribution in [0.5, 0.6) is 0 Å². The molecule has 1 aromatic heterocycles. The van der Waals surface area contributed by atoms with Crippen molar-refractivity contribution in [1.82, 2.24) is 4.98 Å². The number of carbonyl (C=O) groups is 1. The molecule has 1 aliphatic rings. The molecule has 0 bridgehead atoms. The topological polar surface area (TPSA) is 62.5 Å². The van der Waals surface area contributed by atoms with Gasteiger partial charge < -0.3 is 5.11 Å². The number of aliphatic carboxylic acids is 1. The molecule has 2 rings (SSSR count). The largest absolute Gasteiger partial charge is 0.480 e. The third-order valence-electron chi connectivity index (χ3n) is 1.62. The summed E-state index contributed by atoms with van der Waals surface area (Å²) in [4.78, 5) is 19.4. The van der Waals surface area contributed by atoms with Gasteiger partial charge in [-0.2, -0.15) is 0 Å². The molecule has 0 aromatic carbocycles. The lowest BCUT2D eigenvalue weighted by atomic mass is 10.4. The van der Waals surface area contributed by atoms with E-state index in [1.807, 2.05) is 0 Å². The molecule has 1 aromatic rings. The van der Waals surface area contributed by atoms with Gasteiger partial charge in [-0.05, 0) is 0 Å². The minimum atomic E-state index is -0.886. The van der Waals surface area contributed by atoms with E-state index in [9.17, 15) is 4.79 Å². The highest BCUT2D eigenvalue weighted by Gasteiger charge is 2.25. The second-order valence-electron chi connectivity index (χ2n) is 2.58. The van der Waals surface area contributed by atoms with E-state index >= 15 is 0 Å². The van der Waals surface area contributed by atoms with Gasteiger partial charge in [0.05, 0.1) is 4.88 Å². The van der Waals surface area contributed by atoms with Crippen LogP contribution in [0, 0.1) is 0 Å². The molecule has 0 radical (unpaired) electrons. The number of halogens is 1. The van der Waals surface area contributed by atoms with E-state index in [1.54, 1.807) is 6.20 Å². The highest BCUT2D eigenvalue weighted by molar-refractivity contribution is 8.15. The molecule has 1 unspecified atom stereocenters. The van der Waals surface area contributed by atoms with Crippen LogP contribution in [0.1, 0.15) is 4.88 Å². The van der Waals surface area contributed by atoms with Crippen LogP contribution in [0.15, 0.2) is 11.2 Å². The summed E-state index contributed by atoms with van der Waals surface area (Å²) >= 11 is 8.40. The van der Waals surface area contributed by atoms with Gasteiger partial charge >= 0.3 is 5.97 Å². The molecule has 1 N–H and O–H groups in total. The SMILES string of the molecule is O=C(O)C1CSC(c2cnc(Cl)s2)=N1. The van der Waals surface area contributed by atoms with Crippen molar-refractivity contribution in [2.75, 3.05) is 5.75 Å². The first-order valence-corrected chi connectivity index (χ1v) is 5.90. The Bertz CT molecular complexity index is 404. The average molecular weight is 249 g/mol. The Hall–Kier alpha value is -0.590. The molecule has 0 amide bonds. The van der Waals surface area contributed by atoms with E-state index in [2.05, 4.69) is 9.98 Å². The number of aliphatic imine (C=N–C) groups is 1. The summed E-state index contributed by atoms with van der Waals surface area (Å²) in [5, 5.41) is 9.45. The van der Waals surface area contributed by atoms with Crippen LogP contribution in [0.4, 0.5) is 0 Å². The molecule has 0 saturated carbocycles. The minimum absolute atomic E-state index is 0.446. The first-order chi connectivity index (χ1) is 6.66. The van der Waals surface area contributed by atoms with E-state index < -0.39 is 12.0 Å². The van der Waals surface area contributed by atoms with Crippen LogP contribution in [0.2, 0.25) is 4.47 Å². The molecule has 1 aliphatic heterocycles. The Morgan fingerprint density at radius 2 is 2.50 bits per heavy atom. The molecule has 2 heterocycles. The van der Waals surface area contributed by atoms with Crippen molar-refractivity contribution in [3.63, 3.8) is 0 Å². The smallest absolute Gasteiger partial charge is 0.329 e. The fourth-order valence-corrected chi connectivity index (χ4v) is 3.05. The monoisotopic (exact) mass is 248 g/mol. The maximum absolute atomic E-state index is 10.6. The lowest BCUT2D eigenvalue weighted by Gasteiger charge is -1.93. The molecular formula is C7H5ClN2O2S2. The molecule has 0 spiro atoms. The summed E-state index contributed by atoms with van der Waals surface area (Å²) in [6, 6.07) is -0.629. The molecule has 0 fully saturated rings. The summed E-state index contributed by atoms with van der Waals surface area (Å²) in [7, 11) is 0. The maximum atomic E-state index is 10.6. The molecule has 14 heavy (non-hydrogen) atoms. The number of rotatable bonds is 2. The van der Waals surface area contributed by atoms with Crippen molar-refractivity contribution < 1.29 is 9.90 Å². The number of carboxylic acid groups (broad SMARTS) is 1. The molecule has 0 saturated heterocycles. The van der Waals surface area contributed by atoms with Gasteiger partial charge in [-0.1, -0.05) is 11.6 Å². The fourth-order valence-electron chi connectivity index (χ4n) is 0.987. The lowest BCUT2D eigenvalue weighted by molar-refractivity contribution is -0.137. The van der Waals surface area contributed by atoms with Gasteiger partial charge in [0.25, 0.3) is 0 Å². The van der Waals surface area contributed by atoms with E-state index in [-0.39, 0.29) is 0 Å². The van der Waals surface area contributed by atoms with Gasteiger partial charge in [0.1, 0.15) is 5.04 Å². The van der Waals surface area contributed by atoms with Gasteiger partial charge in [0, 0.05) is 11.9 Å². The Morgan fingerprint density at radius 3 is 3.00 bits per heavy atom. The minimum Gasteiger partial charge on any atom is -0.480 e. The van der Waals surface area contributed by atoms with Crippen molar-refractivity contribution in [3.8, 4) is 0 Å². The summed E-state index contributed by atoms with van der Waals surface area (Å²) in [6.07, 6.45) is 1.61. The van der Waals surface area contributed by atoms with Crippen molar-refractivity contribution >= 4 is 45.7 Å². The number of carboxylic acids is 1. The Morgan fingerprint density at radius 1 is 1.71 bits per heavy atom. The predicted molar refractivity (Wildman–Crippen MR) is 57.5 cm³/mol. The standard InChI is InChI=1S/C7H5ClN2O2S2/c8-7-9-1-4(14-7)5-10-3(2-13-5)6(11)12/h1,3H,2H2,(H,11,12). The molecule has 74 valence electrons. The molecule has 7 heteroatoms. The first-order valence-electron chi connectivity index (χ1n) is 3.72. The first kappa shape index (κ1) is 9.95. The zero-order chi connectivity index (χ0) is 10.1. The number of thioether (sulfide) groups is 1. The van der Waals surface area contributed by atoms with Crippen LogP contribution < -0.4 is 0 Å². The van der Waals surface area contributed by atoms with Crippen molar-refractivity contribution in [3.05, 3.63) is 15.5 Å². The van der Waals surface area contributed by atoms with Gasteiger partial charge in [-0.15, -0.1) is 23.1 Å². The van der Waals surface area contributed by atoms with Gasteiger partial charge in [0.15, 0.2) is 10.5 Å². The van der Waals surface area contributed by atoms with Crippen molar-refractivity contribution in [2.45, 2.75) is 6.04 Å². The van der Waals surface area contributed by atoms with E-state index in [0.717, 1.165) is 9.92 Å². The van der Waals surface area contributed by atoms with Crippen LogP contribution in [0.3, 0.4) is 0 Å².